The van der Waals surface area contributed by atoms with Gasteiger partial charge in [0.25, 0.3) is 5.91 Å². The first-order chi connectivity index (χ1) is 29.0. The van der Waals surface area contributed by atoms with Crippen LogP contribution in [0.4, 0.5) is 0 Å². The third-order valence-electron chi connectivity index (χ3n) is 12.2. The second kappa shape index (κ2) is 16.1. The van der Waals surface area contributed by atoms with Gasteiger partial charge < -0.3 is 28.8 Å². The lowest BCUT2D eigenvalue weighted by Gasteiger charge is -2.37. The number of nitrogens with one attached hydrogen (secondary N) is 1. The summed E-state index contributed by atoms with van der Waals surface area (Å²) in [6.45, 7) is 9.06. The Bertz CT molecular complexity index is 2570. The summed E-state index contributed by atoms with van der Waals surface area (Å²) in [5, 5.41) is 3.85. The molecule has 6 aromatic rings. The highest BCUT2D eigenvalue weighted by Gasteiger charge is 2.45. The van der Waals surface area contributed by atoms with Gasteiger partial charge in [-0.1, -0.05) is 60.1 Å². The first kappa shape index (κ1) is 39.3. The number of halogens is 1. The highest BCUT2D eigenvalue weighted by atomic mass is 35.5. The number of hydrogen-bond donors (Lipinski definition) is 1. The van der Waals surface area contributed by atoms with E-state index in [0.29, 0.717) is 55.8 Å². The Balaban J connectivity index is 0.873. The van der Waals surface area contributed by atoms with Crippen LogP contribution in [-0.2, 0) is 29.6 Å². The molecule has 2 aromatic heterocycles. The lowest BCUT2D eigenvalue weighted by molar-refractivity contribution is -0.126. The second-order valence-electron chi connectivity index (χ2n) is 16.2. The predicted octanol–water partition coefficient (Wildman–Crippen LogP) is 9.17. The molecule has 0 saturated heterocycles. The molecule has 2 atom stereocenters. The maximum atomic E-state index is 14.1. The monoisotopic (exact) mass is 822 g/mol. The smallest absolute Gasteiger partial charge is 0.277 e. The van der Waals surface area contributed by atoms with Gasteiger partial charge >= 0.3 is 0 Å². The fourth-order valence-electron chi connectivity index (χ4n) is 8.35. The Morgan fingerprint density at radius 1 is 0.917 bits per heavy atom. The Morgan fingerprint density at radius 2 is 1.67 bits per heavy atom. The zero-order valence-electron chi connectivity index (χ0n) is 34.2. The average molecular weight is 823 g/mol. The molecule has 2 amide bonds. The molecule has 0 radical (unpaired) electrons. The van der Waals surface area contributed by atoms with Gasteiger partial charge in [0, 0.05) is 48.8 Å². The van der Waals surface area contributed by atoms with Crippen LogP contribution in [0, 0.1) is 27.7 Å². The van der Waals surface area contributed by atoms with Gasteiger partial charge in [-0.15, -0.1) is 0 Å². The Hall–Kier alpha value is -6.13. The molecule has 0 spiro atoms. The third-order valence-corrected chi connectivity index (χ3v) is 12.5. The van der Waals surface area contributed by atoms with Crippen molar-refractivity contribution in [1.82, 2.24) is 20.2 Å². The molecule has 306 valence electrons. The standard InChI is InChI=1S/C49H47ClN4O6/c1-29-30(2)51-22-18-41(29)34-7-5-33(6-8-34)17-21-52-47(55)42-23-36-24-43-44(25-37(36)26-54(42)48(56)46-31(3)59-32(4)53-46)60-45(27-57-43)35-9-15-40(16-10-35)58-28-49(19-20-49)38-11-13-39(50)14-12-38/h5-16,18,22,24-25,42,45H,17,19-21,23,26-28H2,1-4H3,(H,52,55). The topological polar surface area (TPSA) is 116 Å². The number of nitrogens with zero attached hydrogens (tertiary/aromatic N) is 3. The van der Waals surface area contributed by atoms with Gasteiger partial charge in [0.2, 0.25) is 5.91 Å². The molecule has 9 rings (SSSR count). The molecule has 11 heteroatoms. The molecule has 3 aliphatic rings. The van der Waals surface area contributed by atoms with E-state index >= 15 is 0 Å². The summed E-state index contributed by atoms with van der Waals surface area (Å²) in [5.74, 6) is 2.22. The number of ether oxygens (including phenoxy) is 3. The molecule has 0 bridgehead atoms. The average Bonchev–Trinajstić information content (AvgIpc) is 3.98. The van der Waals surface area contributed by atoms with Crippen LogP contribution in [0.3, 0.4) is 0 Å². The summed E-state index contributed by atoms with van der Waals surface area (Å²) in [4.78, 5) is 38.5. The summed E-state index contributed by atoms with van der Waals surface area (Å²) in [5.41, 5.74) is 9.82. The van der Waals surface area contributed by atoms with Crippen molar-refractivity contribution in [2.45, 2.75) is 77.5 Å². The molecule has 1 saturated carbocycles. The molecular formula is C49H47ClN4O6. The zero-order valence-corrected chi connectivity index (χ0v) is 35.0. The van der Waals surface area contributed by atoms with Gasteiger partial charge in [0.1, 0.15) is 24.2 Å². The number of carbonyl (C=O) groups excluding carboxylic acids is 2. The lowest BCUT2D eigenvalue weighted by atomic mass is 9.92. The first-order valence-corrected chi connectivity index (χ1v) is 20.9. The summed E-state index contributed by atoms with van der Waals surface area (Å²) in [6.07, 6.45) is 4.62. The third kappa shape index (κ3) is 7.96. The second-order valence-corrected chi connectivity index (χ2v) is 16.7. The Morgan fingerprint density at radius 3 is 2.38 bits per heavy atom. The van der Waals surface area contributed by atoms with Gasteiger partial charge in [0.15, 0.2) is 29.2 Å². The summed E-state index contributed by atoms with van der Waals surface area (Å²) >= 11 is 6.12. The SMILES string of the molecule is Cc1nc(C(=O)N2Cc3cc4c(cc3CC2C(=O)NCCc2ccc(-c3ccnc(C)c3C)cc2)OCC(c2ccc(OCC3(c5ccc(Cl)cc5)CC3)cc2)O4)c(C)o1. The number of carbonyl (C=O) groups is 2. The van der Waals surface area contributed by atoms with E-state index < -0.39 is 6.04 Å². The van der Waals surface area contributed by atoms with Gasteiger partial charge in [-0.25, -0.2) is 4.98 Å². The number of rotatable bonds is 11. The fourth-order valence-corrected chi connectivity index (χ4v) is 8.48. The maximum absolute atomic E-state index is 14.1. The quantitative estimate of drug-likeness (QED) is 0.138. The lowest BCUT2D eigenvalue weighted by Crippen LogP contribution is -2.53. The van der Waals surface area contributed by atoms with Crippen molar-refractivity contribution in [3.05, 3.63) is 159 Å². The molecule has 10 nitrogen and oxygen atoms in total. The van der Waals surface area contributed by atoms with Crippen molar-refractivity contribution in [2.24, 2.45) is 0 Å². The molecule has 2 aliphatic heterocycles. The van der Waals surface area contributed by atoms with Gasteiger partial charge in [-0.3, -0.25) is 14.6 Å². The van der Waals surface area contributed by atoms with Crippen LogP contribution >= 0.6 is 11.6 Å². The minimum absolute atomic E-state index is 0.0390. The Kier molecular flexibility index (Phi) is 10.6. The van der Waals surface area contributed by atoms with E-state index in [0.717, 1.165) is 68.3 Å². The van der Waals surface area contributed by atoms with E-state index in [1.54, 1.807) is 18.7 Å². The molecule has 1 aliphatic carbocycles. The molecule has 2 unspecified atom stereocenters. The zero-order chi connectivity index (χ0) is 41.5. The van der Waals surface area contributed by atoms with Crippen LogP contribution in [0.25, 0.3) is 11.1 Å². The van der Waals surface area contributed by atoms with E-state index in [-0.39, 0.29) is 35.6 Å². The number of aromatic nitrogens is 2. The van der Waals surface area contributed by atoms with Crippen molar-refractivity contribution in [3.63, 3.8) is 0 Å². The van der Waals surface area contributed by atoms with Crippen molar-refractivity contribution in [3.8, 4) is 28.4 Å². The van der Waals surface area contributed by atoms with Gasteiger partial charge in [-0.2, -0.15) is 0 Å². The Labute approximate surface area is 354 Å². The minimum atomic E-state index is -0.765. The number of amides is 2. The number of oxazole rings is 1. The van der Waals surface area contributed by atoms with E-state index in [9.17, 15) is 9.59 Å². The van der Waals surface area contributed by atoms with Crippen LogP contribution in [0.2, 0.25) is 5.02 Å². The normalized spacial score (nSPS) is 17.4. The first-order valence-electron chi connectivity index (χ1n) is 20.5. The largest absolute Gasteiger partial charge is 0.493 e. The number of aryl methyl sites for hydroxylation is 3. The van der Waals surface area contributed by atoms with Crippen molar-refractivity contribution in [1.29, 1.82) is 0 Å². The van der Waals surface area contributed by atoms with Gasteiger partial charge in [0.05, 0.1) is 6.61 Å². The predicted molar refractivity (Wildman–Crippen MR) is 229 cm³/mol. The molecule has 4 heterocycles. The van der Waals surface area contributed by atoms with Crippen LogP contribution in [-0.4, -0.2) is 52.5 Å². The van der Waals surface area contributed by atoms with Crippen molar-refractivity contribution in [2.75, 3.05) is 19.8 Å². The van der Waals surface area contributed by atoms with E-state index in [2.05, 4.69) is 58.6 Å². The molecule has 1 fully saturated rings. The maximum Gasteiger partial charge on any atom is 0.277 e. The van der Waals surface area contributed by atoms with Crippen molar-refractivity contribution >= 4 is 23.4 Å². The molecule has 4 aromatic carbocycles. The van der Waals surface area contributed by atoms with E-state index in [1.807, 2.05) is 67.7 Å². The van der Waals surface area contributed by atoms with Crippen LogP contribution in [0.5, 0.6) is 17.2 Å². The van der Waals surface area contributed by atoms with Crippen LogP contribution in [0.1, 0.15) is 80.2 Å². The van der Waals surface area contributed by atoms with E-state index in [1.165, 1.54) is 5.56 Å². The summed E-state index contributed by atoms with van der Waals surface area (Å²) < 4.78 is 24.7. The number of fused-ring (bicyclic) bond motifs is 2. The highest BCUT2D eigenvalue weighted by molar-refractivity contribution is 6.30. The fraction of sp³-hybridized carbons (Fsp3) is 0.306. The minimum Gasteiger partial charge on any atom is -0.493 e. The molecule has 60 heavy (non-hydrogen) atoms. The highest BCUT2D eigenvalue weighted by Crippen LogP contribution is 2.49. The number of hydrogen-bond acceptors (Lipinski definition) is 8. The van der Waals surface area contributed by atoms with Crippen molar-refractivity contribution < 1.29 is 28.2 Å². The molecule has 1 N–H and O–H groups in total. The number of benzene rings is 4. The summed E-state index contributed by atoms with van der Waals surface area (Å²) in [7, 11) is 0. The van der Waals surface area contributed by atoms with E-state index in [4.69, 9.17) is 30.2 Å². The van der Waals surface area contributed by atoms with Gasteiger partial charge in [-0.05, 0) is 127 Å². The van der Waals surface area contributed by atoms with Crippen LogP contribution < -0.4 is 19.5 Å². The number of pyridine rings is 1. The van der Waals surface area contributed by atoms with Crippen LogP contribution in [0.15, 0.2) is 102 Å². The molecular weight excluding hydrogens is 776 g/mol. The summed E-state index contributed by atoms with van der Waals surface area (Å²) in [6, 6.07) is 29.6.